The summed E-state index contributed by atoms with van der Waals surface area (Å²) in [5, 5.41) is 5.18. The third kappa shape index (κ3) is 10.7. The van der Waals surface area contributed by atoms with E-state index in [9.17, 15) is 14.4 Å². The monoisotopic (exact) mass is 882 g/mol. The van der Waals surface area contributed by atoms with E-state index in [1.54, 1.807) is 43.3 Å². The molecule has 4 aliphatic rings. The van der Waals surface area contributed by atoms with E-state index in [-0.39, 0.29) is 36.2 Å². The zero-order chi connectivity index (χ0) is 46.1. The van der Waals surface area contributed by atoms with E-state index >= 15 is 8.78 Å². The molecule has 4 unspecified atom stereocenters. The lowest BCUT2D eigenvalue weighted by atomic mass is 9.98. The van der Waals surface area contributed by atoms with Crippen LogP contribution in [0.5, 0.6) is 0 Å². The predicted octanol–water partition coefficient (Wildman–Crippen LogP) is 7.99. The van der Waals surface area contributed by atoms with Crippen molar-refractivity contribution in [3.05, 3.63) is 83.6 Å². The molecule has 2 amide bonds. The molecule has 3 heterocycles. The van der Waals surface area contributed by atoms with Crippen molar-refractivity contribution < 1.29 is 37.4 Å². The number of alkyl carbamates (subject to hydrolysis) is 1. The summed E-state index contributed by atoms with van der Waals surface area (Å²) < 4.78 is 41.0. The summed E-state index contributed by atoms with van der Waals surface area (Å²) >= 11 is 0. The molecule has 16 heteroatoms. The van der Waals surface area contributed by atoms with Gasteiger partial charge in [0.15, 0.2) is 0 Å². The van der Waals surface area contributed by atoms with Crippen LogP contribution < -0.4 is 10.6 Å². The molecule has 14 nitrogen and oxygen atoms in total. The zero-order valence-electron chi connectivity index (χ0n) is 37.7. The number of aromatic nitrogens is 4. The van der Waals surface area contributed by atoms with Gasteiger partial charge < -0.3 is 39.8 Å². The smallest absolute Gasteiger partial charge is 0.407 e. The van der Waals surface area contributed by atoms with Gasteiger partial charge in [-0.2, -0.15) is 8.78 Å². The van der Waals surface area contributed by atoms with Gasteiger partial charge in [0.25, 0.3) is 12.4 Å². The number of fused-ring (bicyclic) bond motifs is 6. The van der Waals surface area contributed by atoms with Gasteiger partial charge in [0, 0.05) is 29.3 Å². The van der Waals surface area contributed by atoms with E-state index in [1.807, 2.05) is 30.3 Å². The highest BCUT2D eigenvalue weighted by Crippen LogP contribution is 2.53. The number of nitrogens with zero attached hydrogens (tertiary/aromatic N) is 4. The number of likely N-dealkylation sites (tertiary alicyclic amines) is 1. The average Bonchev–Trinajstić information content (AvgIpc) is 3.68. The lowest BCUT2D eigenvalue weighted by Gasteiger charge is -2.30. The second-order valence-electron chi connectivity index (χ2n) is 16.8. The number of imidazole rings is 2. The highest BCUT2D eigenvalue weighted by atomic mass is 19.3. The number of carbonyl (C=O) groups is 4. The lowest BCUT2D eigenvalue weighted by Crippen LogP contribution is -2.41. The molecule has 4 atom stereocenters. The van der Waals surface area contributed by atoms with Crippen LogP contribution in [0, 0.1) is 11.8 Å². The largest absolute Gasteiger partial charge is 0.471 e. The number of piperidine rings is 1. The number of carbonyl (C=O) groups excluding carboxylic acids is 4. The van der Waals surface area contributed by atoms with Crippen LogP contribution in [0.1, 0.15) is 88.1 Å². The molecule has 0 spiro atoms. The average molecular weight is 883 g/mol. The Morgan fingerprint density at radius 1 is 0.969 bits per heavy atom. The number of nitrogens with one attached hydrogen (secondary N) is 4. The van der Waals surface area contributed by atoms with Gasteiger partial charge in [-0.3, -0.25) is 14.5 Å². The van der Waals surface area contributed by atoms with Crippen LogP contribution in [0.15, 0.2) is 60.8 Å². The zero-order valence-corrected chi connectivity index (χ0v) is 37.7. The maximum absolute atomic E-state index is 16.3. The molecule has 3 aliphatic carbocycles. The highest BCUT2D eigenvalue weighted by molar-refractivity contribution is 5.87. The van der Waals surface area contributed by atoms with Gasteiger partial charge in [-0.15, -0.1) is 0 Å². The van der Waals surface area contributed by atoms with Crippen LogP contribution >= 0.6 is 0 Å². The van der Waals surface area contributed by atoms with E-state index in [4.69, 9.17) is 9.78 Å². The minimum absolute atomic E-state index is 0.00463. The maximum Gasteiger partial charge on any atom is 0.407 e. The molecule has 64 heavy (non-hydrogen) atoms. The summed E-state index contributed by atoms with van der Waals surface area (Å²) in [5.41, 5.74) is 5.50. The van der Waals surface area contributed by atoms with Gasteiger partial charge in [-0.05, 0) is 111 Å². The fourth-order valence-electron chi connectivity index (χ4n) is 8.58. The Morgan fingerprint density at radius 2 is 1.61 bits per heavy atom. The van der Waals surface area contributed by atoms with Crippen molar-refractivity contribution in [3.63, 3.8) is 0 Å². The number of aromatic amines is 2. The molecular weight excluding hydrogens is 823 g/mol. The maximum atomic E-state index is 16.3. The molecule has 2 bridgehead atoms. The topological polar surface area (TPSA) is 175 Å². The van der Waals surface area contributed by atoms with E-state index in [1.165, 1.54) is 46.0 Å². The van der Waals surface area contributed by atoms with Crippen LogP contribution in [-0.4, -0.2) is 108 Å². The first-order valence-corrected chi connectivity index (χ1v) is 21.9. The van der Waals surface area contributed by atoms with Crippen LogP contribution in [0.3, 0.4) is 0 Å². The lowest BCUT2D eigenvalue weighted by molar-refractivity contribution is -0.131. The third-order valence-corrected chi connectivity index (χ3v) is 12.2. The van der Waals surface area contributed by atoms with E-state index in [0.717, 1.165) is 47.1 Å². The number of halogens is 2. The Hall–Kier alpha value is -6.00. The van der Waals surface area contributed by atoms with Gasteiger partial charge in [0.2, 0.25) is 5.91 Å². The summed E-state index contributed by atoms with van der Waals surface area (Å²) in [6.07, 6.45) is 8.84. The minimum Gasteiger partial charge on any atom is -0.471 e. The van der Waals surface area contributed by atoms with Crippen molar-refractivity contribution in [2.75, 3.05) is 41.4 Å². The number of alkyl halides is 2. The fraction of sp³-hybridized carbons (Fsp3) is 0.458. The number of amides is 2. The first-order chi connectivity index (χ1) is 30.8. The van der Waals surface area contributed by atoms with E-state index in [2.05, 4.69) is 60.9 Å². The quantitative estimate of drug-likeness (QED) is 0.0900. The number of likely N-dealkylation sites (N-methyl/N-ethyl adjacent to an activating group) is 1. The van der Waals surface area contributed by atoms with Crippen LogP contribution in [0.25, 0.3) is 44.5 Å². The van der Waals surface area contributed by atoms with Crippen molar-refractivity contribution >= 4 is 35.8 Å². The molecular formula is C48H60F2N8O6. The van der Waals surface area contributed by atoms with Gasteiger partial charge in [0.05, 0.1) is 55.8 Å². The number of methoxy groups -OCH3 is 2. The molecule has 3 aromatic carbocycles. The normalized spacial score (nSPS) is 19.0. The molecule has 4 N–H and O–H groups in total. The van der Waals surface area contributed by atoms with Crippen molar-refractivity contribution in [3.8, 4) is 33.5 Å². The molecule has 9 rings (SSSR count). The molecule has 1 aliphatic heterocycles. The summed E-state index contributed by atoms with van der Waals surface area (Å²) in [7, 11) is 6.49. The molecule has 5 aromatic rings. The number of benzene rings is 3. The van der Waals surface area contributed by atoms with Gasteiger partial charge >= 0.3 is 6.09 Å². The second kappa shape index (κ2) is 21.1. The highest BCUT2D eigenvalue weighted by Gasteiger charge is 2.46. The summed E-state index contributed by atoms with van der Waals surface area (Å²) in [6.45, 7) is 7.00. The number of hydrogen-bond donors (Lipinski definition) is 4. The molecule has 1 saturated heterocycles. The van der Waals surface area contributed by atoms with Crippen molar-refractivity contribution in [2.45, 2.75) is 89.9 Å². The second-order valence-corrected chi connectivity index (χ2v) is 16.8. The standard InChI is InChI=1S/C39H39F2N7O3.C4H9NO.C3H8.C2H4O2/c1-47-26-9-5-25(13-26)36(47)37-45-31-12-8-23(16-32(31)46-37)22-6-10-27-28-11-7-24(15-30(28)39(40,41)29(27)14-22)33-17-42-34(44-33)20-48(19-21-3-4-21)35(49)18-43-38(50)51-2;1-4(3-6)5-2;1-3-2;1-4-2-3/h6-8,10-12,14-17,21,25-26,36H,3-5,9,13,18-20H2,1-2H3,(H,42,44)(H,43,50)(H,45,46);3-5H,1-2H3;3H2,1-2H3;2H,1H3. The Balaban J connectivity index is 0.000000464. The number of ether oxygens (including phenoxy) is 2. The molecule has 3 fully saturated rings. The van der Waals surface area contributed by atoms with Crippen LogP contribution in [-0.2, 0) is 36.3 Å². The van der Waals surface area contributed by atoms with Crippen molar-refractivity contribution in [2.24, 2.45) is 11.8 Å². The molecule has 342 valence electrons. The summed E-state index contributed by atoms with van der Waals surface area (Å²) in [6, 6.07) is 17.3. The molecule has 0 radical (unpaired) electrons. The van der Waals surface area contributed by atoms with Gasteiger partial charge in [-0.25, -0.2) is 14.8 Å². The number of rotatable bonds is 12. The first-order valence-electron chi connectivity index (χ1n) is 21.9. The number of hydrogen-bond acceptors (Lipinski definition) is 10. The number of aldehydes is 1. The van der Waals surface area contributed by atoms with Gasteiger partial charge in [-0.1, -0.05) is 50.6 Å². The summed E-state index contributed by atoms with van der Waals surface area (Å²) in [4.78, 5) is 63.3. The summed E-state index contributed by atoms with van der Waals surface area (Å²) in [5.74, 6) is -0.888. The van der Waals surface area contributed by atoms with Crippen LogP contribution in [0.2, 0.25) is 0 Å². The number of H-pyrrole nitrogens is 2. The van der Waals surface area contributed by atoms with E-state index in [0.29, 0.717) is 65.1 Å². The fourth-order valence-corrected chi connectivity index (χ4v) is 8.58. The third-order valence-electron chi connectivity index (χ3n) is 12.2. The SMILES string of the molecule is CCC.CNC(C)C=O.COC(=O)NCC(=O)N(Cc1ncc(-c2ccc3c(c2)C(F)(F)c2cc(-c4ccc5nc(C6C7CCC(C7)N6C)[nH]c5c4)ccc2-3)[nH]1)CC1CC1.COC=O. The Labute approximate surface area is 372 Å². The van der Waals surface area contributed by atoms with Crippen LogP contribution in [0.4, 0.5) is 13.6 Å². The Bertz CT molecular complexity index is 2410. The molecule has 2 aromatic heterocycles. The van der Waals surface area contributed by atoms with Crippen molar-refractivity contribution in [1.82, 2.24) is 40.4 Å². The molecule has 2 saturated carbocycles. The minimum atomic E-state index is -3.20. The van der Waals surface area contributed by atoms with E-state index < -0.39 is 12.0 Å². The van der Waals surface area contributed by atoms with Crippen molar-refractivity contribution in [1.29, 1.82) is 0 Å². The van der Waals surface area contributed by atoms with Gasteiger partial charge in [0.1, 0.15) is 24.5 Å². The Kier molecular flexibility index (Phi) is 15.7. The first kappa shape index (κ1) is 47.5. The Morgan fingerprint density at radius 3 is 2.19 bits per heavy atom. The predicted molar refractivity (Wildman–Crippen MR) is 241 cm³/mol.